The molecule has 1 fully saturated rings. The van der Waals surface area contributed by atoms with Crippen LogP contribution in [0.3, 0.4) is 0 Å². The average molecular weight is 550 g/mol. The number of sulfonamides is 1. The van der Waals surface area contributed by atoms with Crippen molar-refractivity contribution in [2.24, 2.45) is 11.8 Å². The van der Waals surface area contributed by atoms with Gasteiger partial charge in [0, 0.05) is 25.4 Å². The Kier molecular flexibility index (Phi) is 9.58. The first-order valence-electron chi connectivity index (χ1n) is 10.0. The molecule has 0 aromatic rings. The van der Waals surface area contributed by atoms with Gasteiger partial charge in [0.1, 0.15) is 5.78 Å². The molecule has 34 heavy (non-hydrogen) atoms. The van der Waals surface area contributed by atoms with Crippen molar-refractivity contribution >= 4 is 31.9 Å². The Morgan fingerprint density at radius 3 is 1.97 bits per heavy atom. The minimum absolute atomic E-state index is 0.0641. The zero-order valence-corrected chi connectivity index (χ0v) is 19.8. The summed E-state index contributed by atoms with van der Waals surface area (Å²) in [5, 5.41) is -13.4. The number of halogens is 6. The van der Waals surface area contributed by atoms with E-state index in [1.54, 1.807) is 13.8 Å². The molecule has 1 aliphatic rings. The monoisotopic (exact) mass is 549 g/mol. The topological polar surface area (TPSA) is 135 Å². The van der Waals surface area contributed by atoms with Crippen LogP contribution in [0.2, 0.25) is 0 Å². The van der Waals surface area contributed by atoms with E-state index in [1.165, 1.54) is 0 Å². The maximum Gasteiger partial charge on any atom is 0.439 e. The summed E-state index contributed by atoms with van der Waals surface area (Å²) in [4.78, 5) is 23.8. The third-order valence-corrected chi connectivity index (χ3v) is 8.31. The van der Waals surface area contributed by atoms with Crippen molar-refractivity contribution in [3.8, 4) is 0 Å². The van der Waals surface area contributed by atoms with Gasteiger partial charge in [0.25, 0.3) is 10.0 Å². The van der Waals surface area contributed by atoms with Crippen molar-refractivity contribution in [2.75, 3.05) is 19.7 Å². The summed E-state index contributed by atoms with van der Waals surface area (Å²) in [6.07, 6.45) is -0.186. The molecule has 1 saturated heterocycles. The van der Waals surface area contributed by atoms with Crippen LogP contribution < -0.4 is 0 Å². The number of ether oxygens (including phenoxy) is 1. The maximum absolute atomic E-state index is 14.1. The zero-order chi connectivity index (χ0) is 26.8. The smallest absolute Gasteiger partial charge is 0.439 e. The number of carbonyl (C=O) groups is 2. The first kappa shape index (κ1) is 30.6. The highest BCUT2D eigenvalue weighted by atomic mass is 32.2. The third kappa shape index (κ3) is 5.84. The Morgan fingerprint density at radius 1 is 1.03 bits per heavy atom. The van der Waals surface area contributed by atoms with Crippen LogP contribution in [-0.4, -0.2) is 73.6 Å². The van der Waals surface area contributed by atoms with Crippen LogP contribution in [0.15, 0.2) is 0 Å². The molecule has 0 amide bonds. The van der Waals surface area contributed by atoms with Crippen molar-refractivity contribution in [3.63, 3.8) is 0 Å². The molecule has 200 valence electrons. The molecule has 1 aliphatic heterocycles. The highest BCUT2D eigenvalue weighted by Crippen LogP contribution is 2.51. The number of piperidine rings is 1. The molecule has 0 aliphatic carbocycles. The van der Waals surface area contributed by atoms with Crippen molar-refractivity contribution < 1.29 is 62.1 Å². The van der Waals surface area contributed by atoms with E-state index in [4.69, 9.17) is 9.29 Å². The number of hydrogen-bond acceptors (Lipinski definition) is 7. The van der Waals surface area contributed by atoms with Gasteiger partial charge in [-0.25, -0.2) is 8.42 Å². The number of carbonyl (C=O) groups excluding carboxylic acids is 2. The molecule has 1 heterocycles. The Hall–Kier alpha value is -1.46. The molecule has 0 aromatic heterocycles. The molecule has 1 rings (SSSR count). The highest BCUT2D eigenvalue weighted by Gasteiger charge is 2.82. The van der Waals surface area contributed by atoms with E-state index in [-0.39, 0.29) is 42.5 Å². The molecule has 0 radical (unpaired) electrons. The Bertz CT molecular complexity index is 962. The molecule has 0 spiro atoms. The van der Waals surface area contributed by atoms with Crippen molar-refractivity contribution in [3.05, 3.63) is 0 Å². The minimum Gasteiger partial charge on any atom is -0.465 e. The number of esters is 1. The van der Waals surface area contributed by atoms with Crippen LogP contribution >= 0.6 is 0 Å². The second kappa shape index (κ2) is 10.7. The SMILES string of the molecule is CCC(C)C(=O)OCCCC(=O)C1CCN(S(=O)(=O)C(F)(F)C(F)(F)C(F)(F)S(=O)(=O)O)CC1. The lowest BCUT2D eigenvalue weighted by molar-refractivity contribution is -0.247. The van der Waals surface area contributed by atoms with Crippen molar-refractivity contribution in [1.29, 1.82) is 0 Å². The number of hydrogen-bond donors (Lipinski definition) is 1. The number of ketones is 1. The molecule has 0 saturated carbocycles. The fraction of sp³-hybridized carbons (Fsp3) is 0.882. The lowest BCUT2D eigenvalue weighted by atomic mass is 9.91. The van der Waals surface area contributed by atoms with E-state index in [1.807, 2.05) is 0 Å². The summed E-state index contributed by atoms with van der Waals surface area (Å²) < 4.78 is 140. The van der Waals surface area contributed by atoms with E-state index in [9.17, 15) is 52.8 Å². The minimum atomic E-state index is -7.10. The quantitative estimate of drug-likeness (QED) is 0.170. The van der Waals surface area contributed by atoms with Crippen LogP contribution in [-0.2, 0) is 34.5 Å². The molecular formula is C17H25F6NO8S2. The summed E-state index contributed by atoms with van der Waals surface area (Å²) >= 11 is 0. The van der Waals surface area contributed by atoms with Gasteiger partial charge in [0.05, 0.1) is 12.5 Å². The molecule has 17 heteroatoms. The molecular weight excluding hydrogens is 524 g/mol. The first-order valence-corrected chi connectivity index (χ1v) is 12.9. The summed E-state index contributed by atoms with van der Waals surface area (Å²) in [6, 6.07) is 0. The van der Waals surface area contributed by atoms with E-state index in [2.05, 4.69) is 0 Å². The van der Waals surface area contributed by atoms with E-state index in [0.717, 1.165) is 0 Å². The number of rotatable bonds is 12. The largest absolute Gasteiger partial charge is 0.465 e. The van der Waals surface area contributed by atoms with Crippen molar-refractivity contribution in [2.45, 2.75) is 62.4 Å². The van der Waals surface area contributed by atoms with E-state index < -0.39 is 67.3 Å². The highest BCUT2D eigenvalue weighted by molar-refractivity contribution is 7.90. The number of alkyl halides is 6. The summed E-state index contributed by atoms with van der Waals surface area (Å²) in [6.45, 7) is 1.57. The molecule has 1 unspecified atom stereocenters. The number of nitrogens with zero attached hydrogens (tertiary/aromatic N) is 1. The summed E-state index contributed by atoms with van der Waals surface area (Å²) in [5.74, 6) is -9.06. The fourth-order valence-electron chi connectivity index (χ4n) is 3.01. The number of Topliss-reactive ketones (excluding diaryl/α,β-unsaturated/α-hetero) is 1. The predicted molar refractivity (Wildman–Crippen MR) is 104 cm³/mol. The second-order valence-electron chi connectivity index (χ2n) is 7.81. The predicted octanol–water partition coefficient (Wildman–Crippen LogP) is 2.68. The summed E-state index contributed by atoms with van der Waals surface area (Å²) in [7, 11) is -13.6. The Morgan fingerprint density at radius 2 is 1.53 bits per heavy atom. The van der Waals surface area contributed by atoms with Crippen LogP contribution in [0, 0.1) is 11.8 Å². The standard InChI is InChI=1S/C17H25F6NO8S2/c1-3-11(2)14(26)32-10-4-5-13(25)12-6-8-24(9-7-12)33(27,28)16(20,21)15(18,19)17(22,23)34(29,30)31/h11-12H,3-10H2,1-2H3,(H,29,30,31). The lowest BCUT2D eigenvalue weighted by Gasteiger charge is -2.36. The molecule has 1 N–H and O–H groups in total. The van der Waals surface area contributed by atoms with Crippen LogP contribution in [0.1, 0.15) is 46.0 Å². The van der Waals surface area contributed by atoms with Crippen LogP contribution in [0.25, 0.3) is 0 Å². The normalized spacial score (nSPS) is 18.5. The van der Waals surface area contributed by atoms with Gasteiger partial charge in [0.15, 0.2) is 0 Å². The maximum atomic E-state index is 14.1. The molecule has 9 nitrogen and oxygen atoms in total. The summed E-state index contributed by atoms with van der Waals surface area (Å²) in [5.41, 5.74) is 0. The Labute approximate surface area is 192 Å². The van der Waals surface area contributed by atoms with Gasteiger partial charge >= 0.3 is 32.5 Å². The molecule has 0 bridgehead atoms. The van der Waals surface area contributed by atoms with Crippen LogP contribution in [0.4, 0.5) is 26.3 Å². The van der Waals surface area contributed by atoms with Crippen LogP contribution in [0.5, 0.6) is 0 Å². The lowest BCUT2D eigenvalue weighted by Crippen LogP contribution is -2.63. The second-order valence-corrected chi connectivity index (χ2v) is 11.3. The Balaban J connectivity index is 2.79. The van der Waals surface area contributed by atoms with Gasteiger partial charge in [-0.15, -0.1) is 0 Å². The molecule has 1 atom stereocenters. The van der Waals surface area contributed by atoms with Gasteiger partial charge < -0.3 is 4.74 Å². The van der Waals surface area contributed by atoms with Gasteiger partial charge in [-0.3, -0.25) is 14.1 Å². The zero-order valence-electron chi connectivity index (χ0n) is 18.1. The first-order chi connectivity index (χ1) is 15.3. The van der Waals surface area contributed by atoms with E-state index in [0.29, 0.717) is 6.42 Å². The fourth-order valence-corrected chi connectivity index (χ4v) is 4.99. The van der Waals surface area contributed by atoms with E-state index >= 15 is 0 Å². The van der Waals surface area contributed by atoms with Gasteiger partial charge in [0.2, 0.25) is 0 Å². The van der Waals surface area contributed by atoms with Gasteiger partial charge in [-0.1, -0.05) is 13.8 Å². The van der Waals surface area contributed by atoms with Gasteiger partial charge in [-0.05, 0) is 25.7 Å². The van der Waals surface area contributed by atoms with Gasteiger partial charge in [-0.2, -0.15) is 39.1 Å². The molecule has 0 aromatic carbocycles. The van der Waals surface area contributed by atoms with Crippen molar-refractivity contribution in [1.82, 2.24) is 4.31 Å². The average Bonchev–Trinajstić information content (AvgIpc) is 2.74. The third-order valence-electron chi connectivity index (χ3n) is 5.45.